The molecular weight excluding hydrogens is 301 g/mol. The van der Waals surface area contributed by atoms with E-state index in [1.807, 2.05) is 6.92 Å². The molecule has 0 saturated carbocycles. The molecule has 7 heteroatoms. The highest BCUT2D eigenvalue weighted by atomic mass is 35.5. The van der Waals surface area contributed by atoms with Gasteiger partial charge in [-0.2, -0.15) is 0 Å². The normalized spacial score (nSPS) is 10.2. The van der Waals surface area contributed by atoms with Gasteiger partial charge in [0, 0.05) is 18.7 Å². The quantitative estimate of drug-likeness (QED) is 0.817. The first-order chi connectivity index (χ1) is 9.40. The number of nitrogens with zero attached hydrogens (tertiary/aromatic N) is 1. The van der Waals surface area contributed by atoms with E-state index in [9.17, 15) is 9.59 Å². The van der Waals surface area contributed by atoms with Gasteiger partial charge >= 0.3 is 0 Å². The monoisotopic (exact) mass is 317 g/mol. The van der Waals surface area contributed by atoms with Crippen LogP contribution in [0.15, 0.2) is 12.1 Å². The Morgan fingerprint density at radius 2 is 1.80 bits per heavy atom. The van der Waals surface area contributed by atoms with Gasteiger partial charge in [0.1, 0.15) is 0 Å². The molecule has 1 rings (SSSR count). The summed E-state index contributed by atoms with van der Waals surface area (Å²) < 4.78 is 0. The molecule has 1 aromatic carbocycles. The highest BCUT2D eigenvalue weighted by Crippen LogP contribution is 2.29. The Kier molecular flexibility index (Phi) is 6.10. The number of anilines is 1. The average Bonchev–Trinajstić information content (AvgIpc) is 2.41. The maximum absolute atomic E-state index is 12.3. The number of carbonyl (C=O) groups is 2. The van der Waals surface area contributed by atoms with Crippen molar-refractivity contribution < 1.29 is 9.59 Å². The summed E-state index contributed by atoms with van der Waals surface area (Å²) in [7, 11) is 0. The second kappa shape index (κ2) is 7.36. The number of hydrogen-bond acceptors (Lipinski definition) is 3. The summed E-state index contributed by atoms with van der Waals surface area (Å²) in [6, 6.07) is 2.90. The molecule has 0 spiro atoms. The van der Waals surface area contributed by atoms with Gasteiger partial charge in [-0.25, -0.2) is 0 Å². The van der Waals surface area contributed by atoms with E-state index in [4.69, 9.17) is 28.9 Å². The number of nitrogens with one attached hydrogen (secondary N) is 1. The van der Waals surface area contributed by atoms with Gasteiger partial charge in [0.15, 0.2) is 0 Å². The summed E-state index contributed by atoms with van der Waals surface area (Å²) in [6.45, 7) is 4.51. The maximum atomic E-state index is 12.3. The molecule has 1 aromatic rings. The lowest BCUT2D eigenvalue weighted by molar-refractivity contribution is -0.121. The lowest BCUT2D eigenvalue weighted by Crippen LogP contribution is -2.40. The van der Waals surface area contributed by atoms with Crippen LogP contribution in [0, 0.1) is 0 Å². The molecule has 0 aliphatic carbocycles. The Balaban J connectivity index is 2.94. The number of halogens is 2. The van der Waals surface area contributed by atoms with Crippen molar-refractivity contribution in [3.8, 4) is 0 Å². The van der Waals surface area contributed by atoms with Crippen molar-refractivity contribution >= 4 is 40.7 Å². The van der Waals surface area contributed by atoms with Gasteiger partial charge in [0.25, 0.3) is 5.91 Å². The third-order valence-electron chi connectivity index (χ3n) is 2.70. The summed E-state index contributed by atoms with van der Waals surface area (Å²) in [5.41, 5.74) is 6.17. The molecule has 0 bridgehead atoms. The fraction of sp³-hybridized carbons (Fsp3) is 0.385. The minimum Gasteiger partial charge on any atom is -0.396 e. The molecule has 0 atom stereocenters. The smallest absolute Gasteiger partial charge is 0.254 e. The van der Waals surface area contributed by atoms with Crippen molar-refractivity contribution in [2.75, 3.05) is 25.4 Å². The van der Waals surface area contributed by atoms with E-state index >= 15 is 0 Å². The first kappa shape index (κ1) is 16.6. The molecule has 3 N–H and O–H groups in total. The fourth-order valence-electron chi connectivity index (χ4n) is 1.64. The highest BCUT2D eigenvalue weighted by molar-refractivity contribution is 6.39. The van der Waals surface area contributed by atoms with Crippen LogP contribution in [0.25, 0.3) is 0 Å². The summed E-state index contributed by atoms with van der Waals surface area (Å²) in [6.07, 6.45) is 0. The zero-order valence-corrected chi connectivity index (χ0v) is 12.9. The predicted octanol–water partition coefficient (Wildman–Crippen LogP) is 2.17. The molecule has 0 saturated heterocycles. The average molecular weight is 318 g/mol. The fourth-order valence-corrected chi connectivity index (χ4v) is 2.13. The van der Waals surface area contributed by atoms with Gasteiger partial charge < -0.3 is 16.0 Å². The number of rotatable bonds is 5. The number of likely N-dealkylation sites (N-methyl/N-ethyl adjacent to an activating group) is 2. The topological polar surface area (TPSA) is 75.4 Å². The molecule has 0 fully saturated rings. The predicted molar refractivity (Wildman–Crippen MR) is 81.1 cm³/mol. The van der Waals surface area contributed by atoms with E-state index in [0.717, 1.165) is 0 Å². The van der Waals surface area contributed by atoms with Gasteiger partial charge in [-0.05, 0) is 26.0 Å². The summed E-state index contributed by atoms with van der Waals surface area (Å²) >= 11 is 11.8. The second-order valence-electron chi connectivity index (χ2n) is 4.13. The minimum absolute atomic E-state index is 0.0111. The van der Waals surface area contributed by atoms with Crippen molar-refractivity contribution in [2.45, 2.75) is 13.8 Å². The standard InChI is InChI=1S/C13H17Cl2N3O2/c1-3-17-11(19)7-18(4-2)13(20)8-5-9(14)12(16)10(15)6-8/h5-6H,3-4,7,16H2,1-2H3,(H,17,19). The van der Waals surface area contributed by atoms with E-state index in [1.165, 1.54) is 17.0 Å². The largest absolute Gasteiger partial charge is 0.396 e. The maximum Gasteiger partial charge on any atom is 0.254 e. The van der Waals surface area contributed by atoms with E-state index in [0.29, 0.717) is 18.7 Å². The van der Waals surface area contributed by atoms with E-state index in [-0.39, 0.29) is 34.1 Å². The first-order valence-electron chi connectivity index (χ1n) is 6.21. The molecule has 5 nitrogen and oxygen atoms in total. The molecule has 0 heterocycles. The number of nitrogens with two attached hydrogens (primary N) is 1. The van der Waals surface area contributed by atoms with Crippen molar-refractivity contribution in [2.24, 2.45) is 0 Å². The SMILES string of the molecule is CCNC(=O)CN(CC)C(=O)c1cc(Cl)c(N)c(Cl)c1. The van der Waals surface area contributed by atoms with Crippen molar-refractivity contribution in [1.82, 2.24) is 10.2 Å². The highest BCUT2D eigenvalue weighted by Gasteiger charge is 2.19. The molecule has 2 amide bonds. The minimum atomic E-state index is -0.317. The van der Waals surface area contributed by atoms with E-state index in [2.05, 4.69) is 5.32 Å². The number of hydrogen-bond donors (Lipinski definition) is 2. The van der Waals surface area contributed by atoms with Gasteiger partial charge in [-0.15, -0.1) is 0 Å². The molecular formula is C13H17Cl2N3O2. The van der Waals surface area contributed by atoms with Crippen LogP contribution < -0.4 is 11.1 Å². The molecule has 0 aliphatic heterocycles. The van der Waals surface area contributed by atoms with E-state index in [1.54, 1.807) is 6.92 Å². The summed E-state index contributed by atoms with van der Waals surface area (Å²) in [5.74, 6) is -0.530. The van der Waals surface area contributed by atoms with Crippen LogP contribution in [0.3, 0.4) is 0 Å². The lowest BCUT2D eigenvalue weighted by Gasteiger charge is -2.20. The van der Waals surface area contributed by atoms with Crippen molar-refractivity contribution in [3.63, 3.8) is 0 Å². The van der Waals surface area contributed by atoms with Crippen LogP contribution in [-0.4, -0.2) is 36.3 Å². The Morgan fingerprint density at radius 1 is 1.25 bits per heavy atom. The van der Waals surface area contributed by atoms with Gasteiger partial charge in [0.2, 0.25) is 5.91 Å². The lowest BCUT2D eigenvalue weighted by atomic mass is 10.1. The van der Waals surface area contributed by atoms with Gasteiger partial charge in [-0.3, -0.25) is 9.59 Å². The molecule has 20 heavy (non-hydrogen) atoms. The number of nitrogen functional groups attached to an aromatic ring is 1. The van der Waals surface area contributed by atoms with E-state index < -0.39 is 0 Å². The van der Waals surface area contributed by atoms with Crippen molar-refractivity contribution in [3.05, 3.63) is 27.7 Å². The third kappa shape index (κ3) is 4.02. The van der Waals surface area contributed by atoms with Crippen LogP contribution in [0.1, 0.15) is 24.2 Å². The van der Waals surface area contributed by atoms with Crippen LogP contribution in [0.2, 0.25) is 10.0 Å². The number of carbonyl (C=O) groups excluding carboxylic acids is 2. The molecule has 0 unspecified atom stereocenters. The number of benzene rings is 1. The van der Waals surface area contributed by atoms with Gasteiger partial charge in [0.05, 0.1) is 22.3 Å². The molecule has 0 aliphatic rings. The molecule has 0 aromatic heterocycles. The second-order valence-corrected chi connectivity index (χ2v) is 4.94. The summed E-state index contributed by atoms with van der Waals surface area (Å²) in [5, 5.41) is 3.08. The Bertz CT molecular complexity index is 497. The Morgan fingerprint density at radius 3 is 2.25 bits per heavy atom. The zero-order valence-electron chi connectivity index (χ0n) is 11.4. The molecule has 0 radical (unpaired) electrons. The van der Waals surface area contributed by atoms with Crippen LogP contribution in [-0.2, 0) is 4.79 Å². The van der Waals surface area contributed by atoms with Crippen LogP contribution in [0.5, 0.6) is 0 Å². The molecule has 110 valence electrons. The number of amides is 2. The zero-order chi connectivity index (χ0) is 15.3. The Labute approximate surface area is 128 Å². The van der Waals surface area contributed by atoms with Crippen molar-refractivity contribution in [1.29, 1.82) is 0 Å². The van der Waals surface area contributed by atoms with Crippen LogP contribution >= 0.6 is 23.2 Å². The first-order valence-corrected chi connectivity index (χ1v) is 6.96. The Hall–Kier alpha value is -1.46. The van der Waals surface area contributed by atoms with Gasteiger partial charge in [-0.1, -0.05) is 23.2 Å². The summed E-state index contributed by atoms with van der Waals surface area (Å²) in [4.78, 5) is 25.3. The third-order valence-corrected chi connectivity index (χ3v) is 3.33. The van der Waals surface area contributed by atoms with Crippen LogP contribution in [0.4, 0.5) is 5.69 Å².